The van der Waals surface area contributed by atoms with E-state index < -0.39 is 85.1 Å². The lowest BCUT2D eigenvalue weighted by molar-refractivity contribution is -0.274. The summed E-state index contributed by atoms with van der Waals surface area (Å²) >= 11 is 0. The molecule has 35 heavy (non-hydrogen) atoms. The average molecular weight is 508 g/mol. The summed E-state index contributed by atoms with van der Waals surface area (Å²) in [6, 6.07) is -0.0568. The number of nitrogens with two attached hydrogens (primary N) is 1. The monoisotopic (exact) mass is 508 g/mol. The lowest BCUT2D eigenvalue weighted by atomic mass is 9.77. The fraction of sp³-hybridized carbons (Fsp3) is 0.474. The third kappa shape index (κ3) is 7.97. The summed E-state index contributed by atoms with van der Waals surface area (Å²) in [5.41, 5.74) is 2.64. The van der Waals surface area contributed by atoms with Gasteiger partial charge in [0.1, 0.15) is 23.5 Å². The number of carbonyl (C=O) groups excluding carboxylic acids is 3. The number of aliphatic hydroxyl groups is 3. The average Bonchev–Trinajstić information content (AvgIpc) is 2.71. The molecule has 0 saturated heterocycles. The fourth-order valence-corrected chi connectivity index (χ4v) is 3.39. The van der Waals surface area contributed by atoms with E-state index in [2.05, 4.69) is 15.4 Å². The molecule has 9 N–H and O–H groups in total. The molecule has 16 heteroatoms. The van der Waals surface area contributed by atoms with E-state index in [1.54, 1.807) is 0 Å². The Hall–Kier alpha value is -3.63. The van der Waals surface area contributed by atoms with Crippen LogP contribution in [0.5, 0.6) is 5.75 Å². The van der Waals surface area contributed by atoms with Crippen molar-refractivity contribution < 1.29 is 57.5 Å². The van der Waals surface area contributed by atoms with Gasteiger partial charge in [0, 0.05) is 18.5 Å². The second kappa shape index (κ2) is 10.7. The van der Waals surface area contributed by atoms with E-state index >= 15 is 0 Å². The first-order valence-electron chi connectivity index (χ1n) is 9.93. The molecule has 0 spiro atoms. The minimum absolute atomic E-state index is 0.0221. The van der Waals surface area contributed by atoms with Crippen molar-refractivity contribution >= 4 is 29.5 Å². The van der Waals surface area contributed by atoms with E-state index in [1.807, 2.05) is 5.32 Å². The Morgan fingerprint density at radius 1 is 1.14 bits per heavy atom. The largest absolute Gasteiger partial charge is 0.573 e. The van der Waals surface area contributed by atoms with Crippen LogP contribution in [0, 0.1) is 0 Å². The highest BCUT2D eigenvalue weighted by molar-refractivity contribution is 5.93. The summed E-state index contributed by atoms with van der Waals surface area (Å²) in [7, 11) is 0. The normalized spacial score (nSPS) is 25.1. The maximum Gasteiger partial charge on any atom is 0.573 e. The number of aliphatic hydroxyl groups excluding tert-OH is 2. The molecular formula is C19H23F3N4O9. The lowest BCUT2D eigenvalue weighted by Gasteiger charge is -2.41. The molecule has 4 amide bonds. The first kappa shape index (κ1) is 27.6. The molecule has 0 radical (unpaired) electrons. The second-order valence-electron chi connectivity index (χ2n) is 7.80. The van der Waals surface area contributed by atoms with Crippen LogP contribution in [0.2, 0.25) is 0 Å². The van der Waals surface area contributed by atoms with Crippen molar-refractivity contribution in [2.75, 3.05) is 5.32 Å². The summed E-state index contributed by atoms with van der Waals surface area (Å²) in [5, 5.41) is 46.3. The summed E-state index contributed by atoms with van der Waals surface area (Å²) in [4.78, 5) is 47.1. The second-order valence-corrected chi connectivity index (χ2v) is 7.80. The van der Waals surface area contributed by atoms with Crippen molar-refractivity contribution in [3.8, 4) is 5.75 Å². The van der Waals surface area contributed by atoms with Gasteiger partial charge in [-0.2, -0.15) is 0 Å². The van der Waals surface area contributed by atoms with Gasteiger partial charge in [-0.15, -0.1) is 13.2 Å². The zero-order chi connectivity index (χ0) is 26.6. The number of carbonyl (C=O) groups is 4. The van der Waals surface area contributed by atoms with Crippen LogP contribution in [0.4, 0.5) is 23.7 Å². The molecule has 1 saturated carbocycles. The fourth-order valence-electron chi connectivity index (χ4n) is 3.39. The van der Waals surface area contributed by atoms with Crippen molar-refractivity contribution in [1.29, 1.82) is 0 Å². The van der Waals surface area contributed by atoms with Crippen molar-refractivity contribution in [2.45, 2.75) is 55.5 Å². The number of ether oxygens (including phenoxy) is 1. The molecule has 0 bridgehead atoms. The third-order valence-corrected chi connectivity index (χ3v) is 5.02. The number of benzene rings is 1. The van der Waals surface area contributed by atoms with E-state index in [9.17, 15) is 47.7 Å². The summed E-state index contributed by atoms with van der Waals surface area (Å²) in [6.45, 7) is 0. The molecule has 1 fully saturated rings. The van der Waals surface area contributed by atoms with Crippen LogP contribution in [0.15, 0.2) is 24.3 Å². The molecule has 0 aliphatic heterocycles. The zero-order valence-corrected chi connectivity index (χ0v) is 17.8. The Morgan fingerprint density at radius 3 is 2.26 bits per heavy atom. The molecule has 1 aliphatic carbocycles. The van der Waals surface area contributed by atoms with Gasteiger partial charge in [0.15, 0.2) is 0 Å². The molecule has 0 heterocycles. The lowest BCUT2D eigenvalue weighted by Crippen LogP contribution is -2.64. The van der Waals surface area contributed by atoms with Gasteiger partial charge in [-0.25, -0.2) is 4.79 Å². The highest BCUT2D eigenvalue weighted by Gasteiger charge is 2.49. The number of hydrogen-bond donors (Lipinski definition) is 8. The van der Waals surface area contributed by atoms with Gasteiger partial charge >= 0.3 is 18.4 Å². The van der Waals surface area contributed by atoms with E-state index in [-0.39, 0.29) is 5.69 Å². The molecule has 0 unspecified atom stereocenters. The van der Waals surface area contributed by atoms with E-state index in [0.717, 1.165) is 24.3 Å². The van der Waals surface area contributed by atoms with Crippen LogP contribution in [-0.2, 0) is 14.4 Å². The minimum atomic E-state index is -4.90. The van der Waals surface area contributed by atoms with Crippen LogP contribution in [0.25, 0.3) is 0 Å². The van der Waals surface area contributed by atoms with Gasteiger partial charge in [0.25, 0.3) is 5.91 Å². The Balaban J connectivity index is 2.06. The van der Waals surface area contributed by atoms with Gasteiger partial charge in [-0.05, 0) is 24.3 Å². The molecule has 1 aliphatic rings. The number of primary amides is 1. The minimum Gasteiger partial charge on any atom is -0.481 e. The van der Waals surface area contributed by atoms with Crippen molar-refractivity contribution in [3.05, 3.63) is 24.3 Å². The number of nitrogens with one attached hydrogen (secondary N) is 3. The van der Waals surface area contributed by atoms with Crippen LogP contribution >= 0.6 is 0 Å². The van der Waals surface area contributed by atoms with Crippen molar-refractivity contribution in [3.63, 3.8) is 0 Å². The Morgan fingerprint density at radius 2 is 1.74 bits per heavy atom. The highest BCUT2D eigenvalue weighted by Crippen LogP contribution is 2.30. The van der Waals surface area contributed by atoms with Gasteiger partial charge < -0.3 is 46.8 Å². The molecule has 194 valence electrons. The molecule has 1 aromatic rings. The maximum absolute atomic E-state index is 12.5. The van der Waals surface area contributed by atoms with Gasteiger partial charge in [-0.3, -0.25) is 14.4 Å². The molecule has 5 atom stereocenters. The van der Waals surface area contributed by atoms with Crippen molar-refractivity contribution in [1.82, 2.24) is 10.6 Å². The maximum atomic E-state index is 12.5. The summed E-state index contributed by atoms with van der Waals surface area (Å²) in [6.07, 6.45) is -10.5. The van der Waals surface area contributed by atoms with E-state index in [1.165, 1.54) is 0 Å². The van der Waals surface area contributed by atoms with Gasteiger partial charge in [0.2, 0.25) is 5.91 Å². The summed E-state index contributed by atoms with van der Waals surface area (Å²) in [5.74, 6) is -4.46. The Kier molecular flexibility index (Phi) is 8.48. The van der Waals surface area contributed by atoms with Crippen molar-refractivity contribution in [2.24, 2.45) is 5.73 Å². The topological polar surface area (TPSA) is 221 Å². The number of carboxylic acid groups (broad SMARTS) is 1. The zero-order valence-electron chi connectivity index (χ0n) is 17.8. The number of amides is 4. The number of hydrogen-bond acceptors (Lipinski definition) is 8. The number of urea groups is 1. The number of aliphatic carboxylic acids is 1. The van der Waals surface area contributed by atoms with E-state index in [4.69, 9.17) is 10.8 Å². The highest BCUT2D eigenvalue weighted by atomic mass is 19.4. The molecule has 1 aromatic carbocycles. The predicted octanol–water partition coefficient (Wildman–Crippen LogP) is -1.23. The standard InChI is InChI=1S/C19H23F3N4O9/c20-19(21,22)35-9-3-1-8(2-4-9)24-17(33)26-11-6-18(34,7-12(27)14(11)30)16(32)25-10(15(23)31)5-13(28)29/h1-4,10-12,14,27,30,34H,5-7H2,(H2,23,31)(H,25,32)(H,28,29)(H2,24,26,33)/t10-,11-,12-,14-,18+/m1/s1. The van der Waals surface area contributed by atoms with Crippen LogP contribution in [0.1, 0.15) is 19.3 Å². The van der Waals surface area contributed by atoms with Crippen LogP contribution in [0.3, 0.4) is 0 Å². The van der Waals surface area contributed by atoms with Crippen LogP contribution < -0.4 is 26.4 Å². The number of anilines is 1. The quantitative estimate of drug-likeness (QED) is 0.210. The first-order valence-corrected chi connectivity index (χ1v) is 9.93. The van der Waals surface area contributed by atoms with Crippen LogP contribution in [-0.4, -0.2) is 80.5 Å². The number of halogens is 3. The first-order chi connectivity index (χ1) is 16.1. The molecule has 13 nitrogen and oxygen atoms in total. The van der Waals surface area contributed by atoms with E-state index in [0.29, 0.717) is 0 Å². The van der Waals surface area contributed by atoms with Gasteiger partial charge in [0.05, 0.1) is 18.6 Å². The third-order valence-electron chi connectivity index (χ3n) is 5.02. The smallest absolute Gasteiger partial charge is 0.481 e. The number of alkyl halides is 3. The van der Waals surface area contributed by atoms with Gasteiger partial charge in [-0.1, -0.05) is 0 Å². The number of carboxylic acids is 1. The Labute approximate surface area is 195 Å². The molecule has 0 aromatic heterocycles. The summed E-state index contributed by atoms with van der Waals surface area (Å²) < 4.78 is 40.4. The Bertz CT molecular complexity index is 960. The number of rotatable bonds is 8. The molecule has 2 rings (SSSR count). The predicted molar refractivity (Wildman–Crippen MR) is 109 cm³/mol. The SMILES string of the molecule is NC(=O)[C@@H](CC(=O)O)NC(=O)[C@@]1(O)C[C@@H](O)[C@H](O)[C@H](NC(=O)Nc2ccc(OC(F)(F)F)cc2)C1. The molecular weight excluding hydrogens is 485 g/mol.